The predicted octanol–water partition coefficient (Wildman–Crippen LogP) is 4.30. The van der Waals surface area contributed by atoms with Gasteiger partial charge < -0.3 is 9.64 Å². The summed E-state index contributed by atoms with van der Waals surface area (Å²) in [6.45, 7) is 1.64. The monoisotopic (exact) mass is 378 g/mol. The van der Waals surface area contributed by atoms with Crippen molar-refractivity contribution in [3.8, 4) is 0 Å². The van der Waals surface area contributed by atoms with Gasteiger partial charge >= 0.3 is 5.97 Å². The van der Waals surface area contributed by atoms with Gasteiger partial charge in [0.2, 0.25) is 5.91 Å². The topological polar surface area (TPSA) is 59.5 Å². The Morgan fingerprint density at radius 1 is 1.15 bits per heavy atom. The number of rotatable bonds is 4. The summed E-state index contributed by atoms with van der Waals surface area (Å²) < 4.78 is 6.52. The fourth-order valence-corrected chi connectivity index (χ4v) is 4.13. The average molecular weight is 378 g/mol. The minimum absolute atomic E-state index is 0.103. The van der Waals surface area contributed by atoms with Crippen molar-refractivity contribution in [3.05, 3.63) is 70.9 Å². The van der Waals surface area contributed by atoms with E-state index in [0.29, 0.717) is 0 Å². The molecule has 1 aromatic heterocycles. The van der Waals surface area contributed by atoms with Crippen LogP contribution in [-0.2, 0) is 20.9 Å². The lowest BCUT2D eigenvalue weighted by molar-refractivity contribution is -0.146. The molecule has 0 N–H and O–H groups in total. The highest BCUT2D eigenvalue weighted by Gasteiger charge is 2.28. The molecule has 0 saturated heterocycles. The van der Waals surface area contributed by atoms with Crippen molar-refractivity contribution in [1.29, 1.82) is 0 Å². The van der Waals surface area contributed by atoms with Gasteiger partial charge in [-0.3, -0.25) is 9.59 Å². The number of esters is 1. The molecule has 136 valence electrons. The maximum absolute atomic E-state index is 12.5. The molecule has 0 bridgehead atoms. The van der Waals surface area contributed by atoms with Crippen molar-refractivity contribution in [1.82, 2.24) is 9.88 Å². The zero-order chi connectivity index (χ0) is 18.8. The van der Waals surface area contributed by atoms with E-state index in [2.05, 4.69) is 4.98 Å². The smallest absolute Gasteiger partial charge is 0.308 e. The molecule has 0 aliphatic carbocycles. The van der Waals surface area contributed by atoms with Crippen molar-refractivity contribution in [2.45, 2.75) is 26.0 Å². The Hall–Kier alpha value is -2.99. The second kappa shape index (κ2) is 7.32. The summed E-state index contributed by atoms with van der Waals surface area (Å²) in [5, 5.41) is 0.761. The van der Waals surface area contributed by atoms with E-state index in [9.17, 15) is 9.59 Å². The Bertz CT molecular complexity index is 1010. The number of para-hydroxylation sites is 1. The van der Waals surface area contributed by atoms with E-state index in [-0.39, 0.29) is 30.9 Å². The fraction of sp³-hybridized carbons (Fsp3) is 0.190. The highest BCUT2D eigenvalue weighted by atomic mass is 32.1. The number of carbonyl (C=O) groups excluding carboxylic acids is 2. The molecule has 1 aliphatic heterocycles. The van der Waals surface area contributed by atoms with E-state index in [1.54, 1.807) is 11.1 Å². The third-order valence-corrected chi connectivity index (χ3v) is 5.53. The number of fused-ring (bicyclic) bond motifs is 2. The van der Waals surface area contributed by atoms with Crippen LogP contribution in [-0.4, -0.2) is 21.8 Å². The van der Waals surface area contributed by atoms with Crippen LogP contribution in [0.5, 0.6) is 0 Å². The van der Waals surface area contributed by atoms with Crippen LogP contribution >= 0.6 is 11.3 Å². The van der Waals surface area contributed by atoms with E-state index < -0.39 is 0 Å². The highest BCUT2D eigenvalue weighted by molar-refractivity contribution is 7.18. The van der Waals surface area contributed by atoms with Gasteiger partial charge in [0, 0.05) is 13.1 Å². The molecule has 2 heterocycles. The average Bonchev–Trinajstić information content (AvgIpc) is 3.09. The van der Waals surface area contributed by atoms with Crippen LogP contribution in [0.4, 0.5) is 0 Å². The van der Waals surface area contributed by atoms with E-state index in [1.165, 1.54) is 18.3 Å². The van der Waals surface area contributed by atoms with E-state index in [1.807, 2.05) is 54.6 Å². The molecule has 0 unspecified atom stereocenters. The van der Waals surface area contributed by atoms with Crippen molar-refractivity contribution >= 4 is 39.5 Å². The zero-order valence-corrected chi connectivity index (χ0v) is 15.6. The summed E-state index contributed by atoms with van der Waals surface area (Å²) in [6, 6.07) is 15.2. The normalized spacial score (nSPS) is 15.6. The molecule has 0 saturated carbocycles. The lowest BCUT2D eigenvalue weighted by Crippen LogP contribution is -2.32. The molecule has 1 atom stereocenters. The summed E-state index contributed by atoms with van der Waals surface area (Å²) in [6.07, 6.45) is 3.72. The van der Waals surface area contributed by atoms with Crippen LogP contribution in [0.25, 0.3) is 16.3 Å². The Labute approximate surface area is 160 Å². The maximum atomic E-state index is 12.5. The number of ether oxygens (including phenoxy) is 1. The minimum atomic E-state index is -0.355. The molecule has 2 aromatic carbocycles. The summed E-state index contributed by atoms with van der Waals surface area (Å²) in [5.41, 5.74) is 2.87. The Kier molecular flexibility index (Phi) is 4.73. The van der Waals surface area contributed by atoms with Gasteiger partial charge in [-0.15, -0.1) is 11.3 Å². The first-order chi connectivity index (χ1) is 13.1. The fourth-order valence-electron chi connectivity index (χ4n) is 3.25. The standard InChI is InChI=1S/C21H18N2O3S/c1-14(24)23-11-10-15-6-2-3-7-16(15)18(23)12-21(25)26-13-20-22-17-8-4-5-9-19(17)27-20/h2-11,18H,12-13H2,1H3/t18-/m0/s1. The first kappa shape index (κ1) is 17.4. The largest absolute Gasteiger partial charge is 0.458 e. The SMILES string of the molecule is CC(=O)N1C=Cc2ccccc2[C@@H]1CC(=O)OCc1nc2ccccc2s1. The maximum Gasteiger partial charge on any atom is 0.308 e. The lowest BCUT2D eigenvalue weighted by atomic mass is 9.94. The van der Waals surface area contributed by atoms with E-state index in [0.717, 1.165) is 26.4 Å². The minimum Gasteiger partial charge on any atom is -0.458 e. The van der Waals surface area contributed by atoms with Crippen molar-refractivity contribution in [3.63, 3.8) is 0 Å². The quantitative estimate of drug-likeness (QED) is 0.635. The zero-order valence-electron chi connectivity index (χ0n) is 14.8. The van der Waals surface area contributed by atoms with Crippen molar-refractivity contribution in [2.24, 2.45) is 0 Å². The van der Waals surface area contributed by atoms with Crippen LogP contribution in [0, 0.1) is 0 Å². The second-order valence-electron chi connectivity index (χ2n) is 6.33. The summed E-state index contributed by atoms with van der Waals surface area (Å²) in [7, 11) is 0. The van der Waals surface area contributed by atoms with Gasteiger partial charge in [-0.05, 0) is 29.3 Å². The number of amides is 1. The molecule has 3 aromatic rings. The third kappa shape index (κ3) is 3.61. The van der Waals surface area contributed by atoms with Crippen LogP contribution in [0.15, 0.2) is 54.7 Å². The van der Waals surface area contributed by atoms with Gasteiger partial charge in [0.15, 0.2) is 0 Å². The molecule has 4 rings (SSSR count). The summed E-state index contributed by atoms with van der Waals surface area (Å²) >= 11 is 1.52. The van der Waals surface area contributed by atoms with Gasteiger partial charge in [-0.25, -0.2) is 4.98 Å². The highest BCUT2D eigenvalue weighted by Crippen LogP contribution is 2.33. The number of benzene rings is 2. The van der Waals surface area contributed by atoms with Gasteiger partial charge in [0.05, 0.1) is 22.7 Å². The predicted molar refractivity (Wildman–Crippen MR) is 105 cm³/mol. The second-order valence-corrected chi connectivity index (χ2v) is 7.44. The van der Waals surface area contributed by atoms with Crippen LogP contribution in [0.2, 0.25) is 0 Å². The van der Waals surface area contributed by atoms with Crippen LogP contribution in [0.1, 0.15) is 35.5 Å². The molecule has 27 heavy (non-hydrogen) atoms. The summed E-state index contributed by atoms with van der Waals surface area (Å²) in [4.78, 5) is 30.5. The van der Waals surface area contributed by atoms with Gasteiger partial charge in [-0.2, -0.15) is 0 Å². The van der Waals surface area contributed by atoms with Crippen LogP contribution < -0.4 is 0 Å². The number of hydrogen-bond acceptors (Lipinski definition) is 5. The number of aromatic nitrogens is 1. The molecule has 5 nitrogen and oxygen atoms in total. The molecular weight excluding hydrogens is 360 g/mol. The Morgan fingerprint density at radius 2 is 1.93 bits per heavy atom. The third-order valence-electron chi connectivity index (χ3n) is 4.52. The molecule has 1 amide bonds. The van der Waals surface area contributed by atoms with Gasteiger partial charge in [0.1, 0.15) is 11.6 Å². The number of hydrogen-bond donors (Lipinski definition) is 0. The van der Waals surface area contributed by atoms with Crippen molar-refractivity contribution < 1.29 is 14.3 Å². The molecule has 6 heteroatoms. The van der Waals surface area contributed by atoms with Gasteiger partial charge in [0.25, 0.3) is 0 Å². The van der Waals surface area contributed by atoms with Crippen LogP contribution in [0.3, 0.4) is 0 Å². The number of thiazole rings is 1. The number of nitrogens with zero attached hydrogens (tertiary/aromatic N) is 2. The van der Waals surface area contributed by atoms with Gasteiger partial charge in [-0.1, -0.05) is 36.4 Å². The van der Waals surface area contributed by atoms with E-state index >= 15 is 0 Å². The Balaban J connectivity index is 1.47. The molecule has 1 aliphatic rings. The lowest BCUT2D eigenvalue weighted by Gasteiger charge is -2.32. The molecule has 0 radical (unpaired) electrons. The molecular formula is C21H18N2O3S. The molecule has 0 fully saturated rings. The van der Waals surface area contributed by atoms with Crippen molar-refractivity contribution in [2.75, 3.05) is 0 Å². The summed E-state index contributed by atoms with van der Waals surface area (Å²) in [5.74, 6) is -0.458. The first-order valence-electron chi connectivity index (χ1n) is 8.68. The van der Waals surface area contributed by atoms with E-state index in [4.69, 9.17) is 4.74 Å². The Morgan fingerprint density at radius 3 is 2.74 bits per heavy atom. The number of carbonyl (C=O) groups is 2. The molecule has 0 spiro atoms. The first-order valence-corrected chi connectivity index (χ1v) is 9.49.